The third-order valence-corrected chi connectivity index (χ3v) is 5.70. The number of pyridine rings is 1. The van der Waals surface area contributed by atoms with Gasteiger partial charge in [0.05, 0.1) is 11.3 Å². The predicted octanol–water partition coefficient (Wildman–Crippen LogP) is 3.29. The van der Waals surface area contributed by atoms with E-state index in [0.717, 1.165) is 34.7 Å². The summed E-state index contributed by atoms with van der Waals surface area (Å²) in [7, 11) is 0. The summed E-state index contributed by atoms with van der Waals surface area (Å²) in [5, 5.41) is 6.20. The Kier molecular flexibility index (Phi) is 2.34. The Balaban J connectivity index is 1.63. The van der Waals surface area contributed by atoms with Crippen molar-refractivity contribution in [3.05, 3.63) is 53.0 Å². The smallest absolute Gasteiger partial charge is 0.333 e. The fraction of sp³-hybridized carbons (Fsp3) is 0.316. The van der Waals surface area contributed by atoms with E-state index in [-0.39, 0.29) is 11.3 Å². The summed E-state index contributed by atoms with van der Waals surface area (Å²) in [5.41, 5.74) is 3.97. The maximum absolute atomic E-state index is 12.1. The van der Waals surface area contributed by atoms with Crippen LogP contribution in [0.15, 0.2) is 30.5 Å². The van der Waals surface area contributed by atoms with Gasteiger partial charge in [-0.1, -0.05) is 6.07 Å². The molecule has 5 nitrogen and oxygen atoms in total. The Bertz CT molecular complexity index is 954. The number of nitrogens with one attached hydrogen (secondary N) is 2. The molecule has 5 heteroatoms. The van der Waals surface area contributed by atoms with Crippen molar-refractivity contribution in [2.24, 2.45) is 0 Å². The molecular weight excluding hydrogens is 300 g/mol. The highest BCUT2D eigenvalue weighted by Gasteiger charge is 2.50. The van der Waals surface area contributed by atoms with E-state index in [2.05, 4.69) is 26.5 Å². The van der Waals surface area contributed by atoms with Gasteiger partial charge in [0.1, 0.15) is 5.82 Å². The van der Waals surface area contributed by atoms with Crippen molar-refractivity contribution in [2.75, 3.05) is 17.2 Å². The summed E-state index contributed by atoms with van der Waals surface area (Å²) in [4.78, 5) is 20.3. The van der Waals surface area contributed by atoms with Gasteiger partial charge < -0.3 is 10.6 Å². The fourth-order valence-electron chi connectivity index (χ4n) is 3.83. The van der Waals surface area contributed by atoms with Crippen molar-refractivity contribution in [3.63, 3.8) is 0 Å². The third-order valence-electron chi connectivity index (χ3n) is 5.70. The maximum Gasteiger partial charge on any atom is 0.333 e. The molecule has 2 aromatic rings. The number of carbonyl (C=O) groups is 1. The van der Waals surface area contributed by atoms with Crippen LogP contribution in [0.5, 0.6) is 0 Å². The van der Waals surface area contributed by atoms with Crippen LogP contribution in [-0.2, 0) is 15.7 Å². The lowest BCUT2D eigenvalue weighted by molar-refractivity contribution is -0.118. The first kappa shape index (κ1) is 13.6. The van der Waals surface area contributed by atoms with Crippen LogP contribution in [-0.4, -0.2) is 17.4 Å². The molecule has 1 fully saturated rings. The Morgan fingerprint density at radius 3 is 2.75 bits per heavy atom. The molecule has 1 saturated carbocycles. The lowest BCUT2D eigenvalue weighted by Crippen LogP contribution is -2.26. The summed E-state index contributed by atoms with van der Waals surface area (Å²) in [5.74, 6) is 0.748. The van der Waals surface area contributed by atoms with Gasteiger partial charge in [0.15, 0.2) is 0 Å². The Morgan fingerprint density at radius 1 is 1.21 bits per heavy atom. The summed E-state index contributed by atoms with van der Waals surface area (Å²) in [6.07, 6.45) is 4.31. The van der Waals surface area contributed by atoms with Crippen LogP contribution >= 0.6 is 0 Å². The normalized spacial score (nSPS) is 24.8. The van der Waals surface area contributed by atoms with Crippen molar-refractivity contribution in [2.45, 2.75) is 30.7 Å². The molecule has 0 bridgehead atoms. The fourth-order valence-corrected chi connectivity index (χ4v) is 3.83. The van der Waals surface area contributed by atoms with Gasteiger partial charge >= 0.3 is 11.4 Å². The van der Waals surface area contributed by atoms with E-state index in [4.69, 9.17) is 6.57 Å². The number of fused-ring (bicyclic) bond motifs is 3. The van der Waals surface area contributed by atoms with Crippen LogP contribution in [0.3, 0.4) is 0 Å². The molecule has 1 amide bonds. The van der Waals surface area contributed by atoms with E-state index in [1.54, 1.807) is 6.92 Å². The quantitative estimate of drug-likeness (QED) is 0.794. The van der Waals surface area contributed by atoms with Gasteiger partial charge in [-0.05, 0) is 36.6 Å². The van der Waals surface area contributed by atoms with E-state index in [1.165, 1.54) is 18.4 Å². The minimum absolute atomic E-state index is 0.252. The topological polar surface area (TPSA) is 58.4 Å². The SMILES string of the molecule is [C-]#[N+]C1(C)C(=O)Nc2ccc(-c3cnc4c(c3)C3(CC3)CN4)cc21. The molecule has 2 aliphatic heterocycles. The van der Waals surface area contributed by atoms with Gasteiger partial charge in [-0.3, -0.25) is 9.64 Å². The maximum atomic E-state index is 12.1. The van der Waals surface area contributed by atoms with Gasteiger partial charge in [-0.15, -0.1) is 0 Å². The number of aromatic nitrogens is 1. The zero-order valence-electron chi connectivity index (χ0n) is 13.3. The van der Waals surface area contributed by atoms with Crippen LogP contribution in [0.4, 0.5) is 11.5 Å². The molecule has 1 aromatic heterocycles. The average Bonchev–Trinajstić information content (AvgIpc) is 3.24. The Labute approximate surface area is 139 Å². The number of anilines is 2. The van der Waals surface area contributed by atoms with Crippen LogP contribution in [0, 0.1) is 6.57 Å². The molecule has 2 N–H and O–H groups in total. The summed E-state index contributed by atoms with van der Waals surface area (Å²) < 4.78 is 0. The van der Waals surface area contributed by atoms with E-state index in [1.807, 2.05) is 24.4 Å². The summed E-state index contributed by atoms with van der Waals surface area (Å²) in [6, 6.07) is 8.05. The van der Waals surface area contributed by atoms with Crippen LogP contribution in [0.1, 0.15) is 30.9 Å². The van der Waals surface area contributed by atoms with E-state index in [0.29, 0.717) is 0 Å². The molecule has 1 spiro atoms. The molecule has 3 heterocycles. The first-order valence-corrected chi connectivity index (χ1v) is 8.15. The summed E-state index contributed by atoms with van der Waals surface area (Å²) >= 11 is 0. The largest absolute Gasteiger partial charge is 0.369 e. The number of carbonyl (C=O) groups excluding carboxylic acids is 1. The van der Waals surface area contributed by atoms with Crippen LogP contribution in [0.2, 0.25) is 0 Å². The lowest BCUT2D eigenvalue weighted by atomic mass is 9.91. The minimum Gasteiger partial charge on any atom is -0.369 e. The number of benzene rings is 1. The Hall–Kier alpha value is -2.87. The highest BCUT2D eigenvalue weighted by molar-refractivity contribution is 6.07. The molecule has 1 unspecified atom stereocenters. The van der Waals surface area contributed by atoms with Gasteiger partial charge in [0.25, 0.3) is 0 Å². The first-order chi connectivity index (χ1) is 11.6. The number of hydrogen-bond donors (Lipinski definition) is 2. The molecule has 0 saturated heterocycles. The van der Waals surface area contributed by atoms with Gasteiger partial charge in [-0.2, -0.15) is 0 Å². The highest BCUT2D eigenvalue weighted by atomic mass is 16.2. The molecule has 0 radical (unpaired) electrons. The predicted molar refractivity (Wildman–Crippen MR) is 91.7 cm³/mol. The van der Waals surface area contributed by atoms with Crippen molar-refractivity contribution >= 4 is 17.4 Å². The van der Waals surface area contributed by atoms with E-state index < -0.39 is 5.54 Å². The second-order valence-electron chi connectivity index (χ2n) is 7.15. The monoisotopic (exact) mass is 316 g/mol. The molecule has 118 valence electrons. The third kappa shape index (κ3) is 1.58. The summed E-state index contributed by atoms with van der Waals surface area (Å²) in [6.45, 7) is 10.1. The number of nitrogens with zero attached hydrogens (tertiary/aromatic N) is 2. The second-order valence-corrected chi connectivity index (χ2v) is 7.15. The second kappa shape index (κ2) is 4.15. The van der Waals surface area contributed by atoms with Gasteiger partial charge in [-0.25, -0.2) is 11.6 Å². The minimum atomic E-state index is -1.14. The lowest BCUT2D eigenvalue weighted by Gasteiger charge is -2.11. The Morgan fingerprint density at radius 2 is 2.00 bits per heavy atom. The van der Waals surface area contributed by atoms with Crippen molar-refractivity contribution in [3.8, 4) is 11.1 Å². The van der Waals surface area contributed by atoms with Gasteiger partial charge in [0, 0.05) is 36.2 Å². The number of rotatable bonds is 1. The highest BCUT2D eigenvalue weighted by Crippen LogP contribution is 2.54. The molecule has 1 atom stereocenters. The zero-order valence-corrected chi connectivity index (χ0v) is 13.3. The molecule has 1 aliphatic carbocycles. The zero-order chi connectivity index (χ0) is 16.5. The molecule has 5 rings (SSSR count). The van der Waals surface area contributed by atoms with E-state index >= 15 is 0 Å². The number of amides is 1. The first-order valence-electron chi connectivity index (χ1n) is 8.15. The van der Waals surface area contributed by atoms with Crippen molar-refractivity contribution in [1.29, 1.82) is 0 Å². The van der Waals surface area contributed by atoms with E-state index in [9.17, 15) is 4.79 Å². The van der Waals surface area contributed by atoms with Crippen molar-refractivity contribution < 1.29 is 4.79 Å². The number of hydrogen-bond acceptors (Lipinski definition) is 3. The molecule has 3 aliphatic rings. The average molecular weight is 316 g/mol. The molecular formula is C19H16N4O. The molecule has 24 heavy (non-hydrogen) atoms. The standard InChI is InChI=1S/C19H16N4O/c1-18(20-2)13-7-11(3-4-15(13)23-17(18)24)12-8-14-16(21-9-12)22-10-19(14)5-6-19/h3-4,7-9H,5-6,10H2,1H3,(H,21,22)(H,23,24). The van der Waals surface area contributed by atoms with Crippen LogP contribution in [0.25, 0.3) is 16.0 Å². The van der Waals surface area contributed by atoms with Gasteiger partial charge in [0.2, 0.25) is 0 Å². The molecule has 1 aromatic carbocycles. The van der Waals surface area contributed by atoms with Crippen molar-refractivity contribution in [1.82, 2.24) is 4.98 Å². The van der Waals surface area contributed by atoms with Crippen LogP contribution < -0.4 is 10.6 Å².